The summed E-state index contributed by atoms with van der Waals surface area (Å²) in [5.41, 5.74) is 1.39. The van der Waals surface area contributed by atoms with Crippen LogP contribution in [0, 0.1) is 5.92 Å². The van der Waals surface area contributed by atoms with Gasteiger partial charge in [-0.15, -0.1) is 0 Å². The van der Waals surface area contributed by atoms with E-state index in [0.717, 1.165) is 18.4 Å². The highest BCUT2D eigenvalue weighted by molar-refractivity contribution is 6.37. The van der Waals surface area contributed by atoms with Gasteiger partial charge in [-0.05, 0) is 12.0 Å². The Morgan fingerprint density at radius 1 is 1.18 bits per heavy atom. The minimum atomic E-state index is -0.406. The van der Waals surface area contributed by atoms with Gasteiger partial charge in [0.25, 0.3) is 0 Å². The fraction of sp³-hybridized carbons (Fsp3) is 0.556. The molecule has 1 atom stereocenters. The van der Waals surface area contributed by atoms with Crippen molar-refractivity contribution in [2.75, 3.05) is 7.11 Å². The number of hydrogen-bond donors (Lipinski definition) is 0. The Hall–Kier alpha value is -1.84. The number of benzene rings is 1. The van der Waals surface area contributed by atoms with E-state index < -0.39 is 5.97 Å². The molecular weight excluding hydrogens is 278 g/mol. The Balaban J connectivity index is 2.55. The molecule has 4 nitrogen and oxygen atoms in total. The summed E-state index contributed by atoms with van der Waals surface area (Å²) >= 11 is 0. The van der Waals surface area contributed by atoms with Gasteiger partial charge in [0.15, 0.2) is 5.71 Å². The van der Waals surface area contributed by atoms with E-state index in [0.29, 0.717) is 12.3 Å². The quantitative estimate of drug-likeness (QED) is 0.280. The molecule has 0 radical (unpaired) electrons. The summed E-state index contributed by atoms with van der Waals surface area (Å²) in [6.45, 7) is 4.53. The number of oxime groups is 1. The second-order valence-electron chi connectivity index (χ2n) is 5.48. The minimum absolute atomic E-state index is 0.0417. The second-order valence-corrected chi connectivity index (χ2v) is 5.48. The van der Waals surface area contributed by atoms with Crippen molar-refractivity contribution in [3.8, 4) is 0 Å². The van der Waals surface area contributed by atoms with Gasteiger partial charge < -0.3 is 9.57 Å². The molecule has 0 N–H and O–H groups in total. The van der Waals surface area contributed by atoms with Crippen LogP contribution in [0.2, 0.25) is 0 Å². The van der Waals surface area contributed by atoms with Crippen LogP contribution in [0.1, 0.15) is 51.5 Å². The van der Waals surface area contributed by atoms with Gasteiger partial charge in [-0.2, -0.15) is 0 Å². The van der Waals surface area contributed by atoms with Gasteiger partial charge in [-0.25, -0.2) is 4.79 Å². The third-order valence-corrected chi connectivity index (χ3v) is 3.59. The Labute approximate surface area is 133 Å². The third-order valence-electron chi connectivity index (χ3n) is 3.59. The number of ether oxygens (including phenoxy) is 1. The lowest BCUT2D eigenvalue weighted by atomic mass is 9.98. The number of unbranched alkanes of at least 4 members (excludes halogenated alkanes) is 3. The van der Waals surface area contributed by atoms with Crippen molar-refractivity contribution in [1.29, 1.82) is 0 Å². The molecule has 0 amide bonds. The second kappa shape index (κ2) is 10.8. The number of esters is 1. The summed E-state index contributed by atoms with van der Waals surface area (Å²) in [7, 11) is 1.37. The Kier molecular flexibility index (Phi) is 8.96. The number of carbonyl (C=O) groups is 1. The molecule has 0 aliphatic heterocycles. The highest BCUT2D eigenvalue weighted by atomic mass is 16.6. The van der Waals surface area contributed by atoms with Crippen LogP contribution in [-0.2, 0) is 21.0 Å². The summed E-state index contributed by atoms with van der Waals surface area (Å²) < 4.78 is 4.81. The van der Waals surface area contributed by atoms with Crippen LogP contribution in [-0.4, -0.2) is 18.8 Å². The van der Waals surface area contributed by atoms with Crippen LogP contribution in [0.3, 0.4) is 0 Å². The van der Waals surface area contributed by atoms with Gasteiger partial charge in [-0.1, -0.05) is 75.0 Å². The summed E-state index contributed by atoms with van der Waals surface area (Å²) in [4.78, 5) is 17.2. The molecule has 1 aromatic carbocycles. The molecule has 0 aliphatic carbocycles. The molecule has 0 bridgehead atoms. The number of nitrogens with zero attached hydrogens (tertiary/aromatic N) is 1. The van der Waals surface area contributed by atoms with Crippen molar-refractivity contribution in [3.05, 3.63) is 35.9 Å². The molecule has 0 fully saturated rings. The van der Waals surface area contributed by atoms with E-state index in [4.69, 9.17) is 9.57 Å². The molecule has 0 saturated carbocycles. The van der Waals surface area contributed by atoms with E-state index >= 15 is 0 Å². The SMILES string of the molecule is CCCCCCC(C)/C(=N/OCc1ccccc1)C(=O)OC. The highest BCUT2D eigenvalue weighted by Crippen LogP contribution is 2.14. The summed E-state index contributed by atoms with van der Waals surface area (Å²) in [5.74, 6) is -0.365. The predicted octanol–water partition coefficient (Wildman–Crippen LogP) is 4.34. The van der Waals surface area contributed by atoms with E-state index in [-0.39, 0.29) is 5.92 Å². The predicted molar refractivity (Wildman–Crippen MR) is 88.6 cm³/mol. The summed E-state index contributed by atoms with van der Waals surface area (Å²) in [5, 5.41) is 4.03. The van der Waals surface area contributed by atoms with Crippen molar-refractivity contribution in [3.63, 3.8) is 0 Å². The topological polar surface area (TPSA) is 47.9 Å². The largest absolute Gasteiger partial charge is 0.464 e. The van der Waals surface area contributed by atoms with Crippen molar-refractivity contribution in [1.82, 2.24) is 0 Å². The van der Waals surface area contributed by atoms with Gasteiger partial charge in [0.2, 0.25) is 0 Å². The lowest BCUT2D eigenvalue weighted by Gasteiger charge is -2.12. The molecular formula is C18H27NO3. The van der Waals surface area contributed by atoms with Gasteiger partial charge in [0.05, 0.1) is 7.11 Å². The fourth-order valence-electron chi connectivity index (χ4n) is 2.20. The van der Waals surface area contributed by atoms with E-state index in [1.807, 2.05) is 37.3 Å². The Bertz CT molecular complexity index is 457. The van der Waals surface area contributed by atoms with Crippen molar-refractivity contribution >= 4 is 11.7 Å². The van der Waals surface area contributed by atoms with Crippen LogP contribution in [0.25, 0.3) is 0 Å². The summed E-state index contributed by atoms with van der Waals surface area (Å²) in [6, 6.07) is 9.76. The molecule has 22 heavy (non-hydrogen) atoms. The molecule has 1 rings (SSSR count). The van der Waals surface area contributed by atoms with Gasteiger partial charge in [0, 0.05) is 5.92 Å². The maximum atomic E-state index is 11.9. The van der Waals surface area contributed by atoms with E-state index in [1.165, 1.54) is 26.4 Å². The van der Waals surface area contributed by atoms with E-state index in [2.05, 4.69) is 12.1 Å². The Morgan fingerprint density at radius 2 is 1.91 bits per heavy atom. The van der Waals surface area contributed by atoms with Crippen molar-refractivity contribution in [2.45, 2.75) is 52.6 Å². The molecule has 0 aromatic heterocycles. The average Bonchev–Trinajstić information content (AvgIpc) is 2.55. The number of carbonyl (C=O) groups excluding carboxylic acids is 1. The Morgan fingerprint density at radius 3 is 2.55 bits per heavy atom. The lowest BCUT2D eigenvalue weighted by Crippen LogP contribution is -2.24. The molecule has 0 saturated heterocycles. The monoisotopic (exact) mass is 305 g/mol. The smallest absolute Gasteiger partial charge is 0.356 e. The molecule has 4 heteroatoms. The molecule has 0 spiro atoms. The zero-order valence-electron chi connectivity index (χ0n) is 13.9. The van der Waals surface area contributed by atoms with E-state index in [1.54, 1.807) is 0 Å². The van der Waals surface area contributed by atoms with E-state index in [9.17, 15) is 4.79 Å². The zero-order valence-corrected chi connectivity index (χ0v) is 13.9. The number of rotatable bonds is 10. The number of methoxy groups -OCH3 is 1. The van der Waals surface area contributed by atoms with Gasteiger partial charge in [0.1, 0.15) is 6.61 Å². The molecule has 0 heterocycles. The van der Waals surface area contributed by atoms with Crippen LogP contribution in [0.4, 0.5) is 0 Å². The van der Waals surface area contributed by atoms with Crippen LogP contribution in [0.5, 0.6) is 0 Å². The fourth-order valence-corrected chi connectivity index (χ4v) is 2.20. The zero-order chi connectivity index (χ0) is 16.2. The molecule has 122 valence electrons. The average molecular weight is 305 g/mol. The standard InChI is InChI=1S/C18H27NO3/c1-4-5-6-8-11-15(2)17(18(20)21-3)19-22-14-16-12-9-7-10-13-16/h7,9-10,12-13,15H,4-6,8,11,14H2,1-3H3/b19-17-. The van der Waals surface area contributed by atoms with Crippen LogP contribution < -0.4 is 0 Å². The first-order valence-corrected chi connectivity index (χ1v) is 8.01. The highest BCUT2D eigenvalue weighted by Gasteiger charge is 2.20. The first-order chi connectivity index (χ1) is 10.7. The third kappa shape index (κ3) is 6.74. The van der Waals surface area contributed by atoms with Gasteiger partial charge >= 0.3 is 5.97 Å². The van der Waals surface area contributed by atoms with Crippen molar-refractivity contribution < 1.29 is 14.4 Å². The lowest BCUT2D eigenvalue weighted by molar-refractivity contribution is -0.133. The molecule has 0 aliphatic rings. The van der Waals surface area contributed by atoms with Crippen LogP contribution in [0.15, 0.2) is 35.5 Å². The van der Waals surface area contributed by atoms with Crippen molar-refractivity contribution in [2.24, 2.45) is 11.1 Å². The van der Waals surface area contributed by atoms with Gasteiger partial charge in [-0.3, -0.25) is 0 Å². The normalized spacial score (nSPS) is 12.8. The molecule has 1 unspecified atom stereocenters. The maximum Gasteiger partial charge on any atom is 0.356 e. The first-order valence-electron chi connectivity index (χ1n) is 8.01. The molecule has 1 aromatic rings. The maximum absolute atomic E-state index is 11.9. The first kappa shape index (κ1) is 18.2. The minimum Gasteiger partial charge on any atom is -0.464 e. The number of hydrogen-bond acceptors (Lipinski definition) is 4. The summed E-state index contributed by atoms with van der Waals surface area (Å²) in [6.07, 6.45) is 5.61. The van der Waals surface area contributed by atoms with Crippen LogP contribution >= 0.6 is 0 Å².